The first-order valence-corrected chi connectivity index (χ1v) is 8.33. The Balaban J connectivity index is 1.95. The molecule has 7 nitrogen and oxygen atoms in total. The van der Waals surface area contributed by atoms with Crippen molar-refractivity contribution in [3.63, 3.8) is 0 Å². The molecule has 1 aliphatic heterocycles. The quantitative estimate of drug-likeness (QED) is 0.579. The van der Waals surface area contributed by atoms with E-state index in [0.29, 0.717) is 11.8 Å². The summed E-state index contributed by atoms with van der Waals surface area (Å²) in [4.78, 5) is 22.2. The minimum absolute atomic E-state index is 0.162. The van der Waals surface area contributed by atoms with Crippen molar-refractivity contribution >= 4 is 35.0 Å². The Morgan fingerprint density at radius 2 is 2.29 bits per heavy atom. The maximum absolute atomic E-state index is 11.6. The van der Waals surface area contributed by atoms with Crippen LogP contribution in [0.1, 0.15) is 31.4 Å². The van der Waals surface area contributed by atoms with Gasteiger partial charge in [0.15, 0.2) is 5.17 Å². The van der Waals surface area contributed by atoms with E-state index in [1.165, 1.54) is 0 Å². The van der Waals surface area contributed by atoms with Crippen molar-refractivity contribution < 1.29 is 19.4 Å². The summed E-state index contributed by atoms with van der Waals surface area (Å²) in [5.41, 5.74) is 1.89. The van der Waals surface area contributed by atoms with Gasteiger partial charge < -0.3 is 15.2 Å². The van der Waals surface area contributed by atoms with Gasteiger partial charge in [-0.1, -0.05) is 30.0 Å². The number of amides is 1. The van der Waals surface area contributed by atoms with Gasteiger partial charge in [0.1, 0.15) is 5.25 Å². The van der Waals surface area contributed by atoms with Gasteiger partial charge in [0.05, 0.1) is 25.3 Å². The summed E-state index contributed by atoms with van der Waals surface area (Å²) in [5, 5.41) is 18.8. The van der Waals surface area contributed by atoms with E-state index in [9.17, 15) is 9.59 Å². The van der Waals surface area contributed by atoms with E-state index in [2.05, 4.69) is 15.5 Å². The van der Waals surface area contributed by atoms with Crippen LogP contribution in [0.5, 0.6) is 0 Å². The molecule has 24 heavy (non-hydrogen) atoms. The third kappa shape index (κ3) is 5.78. The molecular weight excluding hydrogens is 330 g/mol. The second kappa shape index (κ2) is 8.60. The molecule has 1 amide bonds. The molecule has 0 aliphatic carbocycles. The monoisotopic (exact) mass is 349 g/mol. The van der Waals surface area contributed by atoms with Crippen LogP contribution in [0.3, 0.4) is 0 Å². The fourth-order valence-electron chi connectivity index (χ4n) is 1.92. The smallest absolute Gasteiger partial charge is 0.305 e. The maximum Gasteiger partial charge on any atom is 0.305 e. The normalized spacial score (nSPS) is 19.4. The lowest BCUT2D eigenvalue weighted by Crippen LogP contribution is -2.26. The number of benzene rings is 1. The zero-order valence-corrected chi connectivity index (χ0v) is 14.2. The summed E-state index contributed by atoms with van der Waals surface area (Å²) in [6.45, 7) is 4.48. The first-order chi connectivity index (χ1) is 11.4. The molecule has 1 heterocycles. The molecule has 1 aromatic carbocycles. The molecule has 1 saturated heterocycles. The van der Waals surface area contributed by atoms with Gasteiger partial charge in [0.25, 0.3) is 0 Å². The number of hydrogen-bond acceptors (Lipinski definition) is 6. The number of nitrogens with one attached hydrogen (secondary N) is 1. The van der Waals surface area contributed by atoms with Crippen molar-refractivity contribution in [1.29, 1.82) is 0 Å². The van der Waals surface area contributed by atoms with E-state index in [0.717, 1.165) is 22.9 Å². The number of amidine groups is 1. The molecule has 8 heteroatoms. The summed E-state index contributed by atoms with van der Waals surface area (Å²) in [6.07, 6.45) is 1.50. The van der Waals surface area contributed by atoms with Crippen LogP contribution in [0.4, 0.5) is 0 Å². The molecule has 1 unspecified atom stereocenters. The second-order valence-corrected chi connectivity index (χ2v) is 6.64. The summed E-state index contributed by atoms with van der Waals surface area (Å²) in [6, 6.07) is 7.70. The molecule has 2 N–H and O–H groups in total. The Bertz CT molecular complexity index is 673. The highest BCUT2D eigenvalue weighted by atomic mass is 32.2. The summed E-state index contributed by atoms with van der Waals surface area (Å²) in [5.74, 6) is -1.38. The Labute approximate surface area is 144 Å². The van der Waals surface area contributed by atoms with Crippen molar-refractivity contribution in [3.05, 3.63) is 35.4 Å². The van der Waals surface area contributed by atoms with Gasteiger partial charge in [-0.3, -0.25) is 9.59 Å². The van der Waals surface area contributed by atoms with Gasteiger partial charge >= 0.3 is 5.97 Å². The van der Waals surface area contributed by atoms with E-state index >= 15 is 0 Å². The molecule has 128 valence electrons. The topological polar surface area (TPSA) is 100 Å². The molecule has 1 fully saturated rings. The van der Waals surface area contributed by atoms with E-state index in [-0.39, 0.29) is 18.4 Å². The lowest BCUT2D eigenvalue weighted by molar-refractivity contribution is -0.138. The fraction of sp³-hybridized carbons (Fsp3) is 0.375. The lowest BCUT2D eigenvalue weighted by Gasteiger charge is -2.07. The number of carbonyl (C=O) groups excluding carboxylic acids is 1. The largest absolute Gasteiger partial charge is 0.481 e. The second-order valence-electron chi connectivity index (χ2n) is 5.45. The number of hydrogen-bond donors (Lipinski definition) is 2. The zero-order chi connectivity index (χ0) is 17.5. The standard InChI is InChI=1S/C16H19N3O4S/c1-10(2)23-9-12-5-3-4-11(6-12)8-17-19-16-18-15(22)13(24-16)7-14(20)21/h3-6,8,10,13H,7,9H2,1-2H3,(H,20,21)(H,18,19,22). The Hall–Kier alpha value is -2.19. The van der Waals surface area contributed by atoms with Crippen LogP contribution in [-0.4, -0.2) is 39.7 Å². The first-order valence-electron chi connectivity index (χ1n) is 7.45. The molecule has 0 radical (unpaired) electrons. The van der Waals surface area contributed by atoms with Gasteiger partial charge in [-0.05, 0) is 31.0 Å². The van der Waals surface area contributed by atoms with Crippen LogP contribution in [-0.2, 0) is 20.9 Å². The van der Waals surface area contributed by atoms with Crippen LogP contribution in [0.25, 0.3) is 0 Å². The number of carboxylic acid groups (broad SMARTS) is 1. The Morgan fingerprint density at radius 3 is 3.00 bits per heavy atom. The predicted octanol–water partition coefficient (Wildman–Crippen LogP) is 2.01. The van der Waals surface area contributed by atoms with Gasteiger partial charge in [-0.25, -0.2) is 0 Å². The van der Waals surface area contributed by atoms with Crippen LogP contribution in [0.15, 0.2) is 34.5 Å². The minimum Gasteiger partial charge on any atom is -0.481 e. The highest BCUT2D eigenvalue weighted by molar-refractivity contribution is 8.15. The predicted molar refractivity (Wildman–Crippen MR) is 93.2 cm³/mol. The number of aliphatic carboxylic acids is 1. The van der Waals surface area contributed by atoms with Gasteiger partial charge in [-0.2, -0.15) is 5.10 Å². The van der Waals surface area contributed by atoms with Gasteiger partial charge in [0.2, 0.25) is 5.91 Å². The fourth-order valence-corrected chi connectivity index (χ4v) is 2.83. The van der Waals surface area contributed by atoms with Gasteiger partial charge in [-0.15, -0.1) is 5.10 Å². The summed E-state index contributed by atoms with van der Waals surface area (Å²) < 4.78 is 5.55. The van der Waals surface area contributed by atoms with Crippen molar-refractivity contribution in [2.75, 3.05) is 0 Å². The van der Waals surface area contributed by atoms with E-state index in [1.54, 1.807) is 6.21 Å². The summed E-state index contributed by atoms with van der Waals surface area (Å²) >= 11 is 1.07. The third-order valence-electron chi connectivity index (χ3n) is 3.03. The highest BCUT2D eigenvalue weighted by Crippen LogP contribution is 2.22. The number of carbonyl (C=O) groups is 2. The van der Waals surface area contributed by atoms with Crippen molar-refractivity contribution in [2.24, 2.45) is 10.2 Å². The molecule has 0 bridgehead atoms. The first kappa shape index (κ1) is 18.2. The maximum atomic E-state index is 11.6. The molecule has 0 aromatic heterocycles. The summed E-state index contributed by atoms with van der Waals surface area (Å²) in [7, 11) is 0. The Kier molecular flexibility index (Phi) is 6.51. The van der Waals surface area contributed by atoms with Crippen LogP contribution >= 0.6 is 11.8 Å². The van der Waals surface area contributed by atoms with Crippen LogP contribution < -0.4 is 5.32 Å². The zero-order valence-electron chi connectivity index (χ0n) is 13.4. The van der Waals surface area contributed by atoms with E-state index < -0.39 is 11.2 Å². The molecule has 2 rings (SSSR count). The molecule has 1 aliphatic rings. The molecular formula is C16H19N3O4S. The number of carboxylic acids is 1. The van der Waals surface area contributed by atoms with E-state index in [1.807, 2.05) is 38.1 Å². The lowest BCUT2D eigenvalue weighted by atomic mass is 10.1. The molecule has 1 atom stereocenters. The van der Waals surface area contributed by atoms with Crippen molar-refractivity contribution in [1.82, 2.24) is 5.32 Å². The van der Waals surface area contributed by atoms with Gasteiger partial charge in [0, 0.05) is 0 Å². The Morgan fingerprint density at radius 1 is 1.50 bits per heavy atom. The highest BCUT2D eigenvalue weighted by Gasteiger charge is 2.32. The third-order valence-corrected chi connectivity index (χ3v) is 4.10. The number of nitrogens with zero attached hydrogens (tertiary/aromatic N) is 2. The van der Waals surface area contributed by atoms with Crippen LogP contribution in [0.2, 0.25) is 0 Å². The minimum atomic E-state index is -1.02. The number of rotatable bonds is 7. The van der Waals surface area contributed by atoms with Crippen molar-refractivity contribution in [3.8, 4) is 0 Å². The average molecular weight is 349 g/mol. The van der Waals surface area contributed by atoms with E-state index in [4.69, 9.17) is 9.84 Å². The number of thioether (sulfide) groups is 1. The number of ether oxygens (including phenoxy) is 1. The SMILES string of the molecule is CC(C)OCc1cccc(C=NN=C2NC(=O)C(CC(=O)O)S2)c1. The average Bonchev–Trinajstić information content (AvgIpc) is 2.85. The van der Waals surface area contributed by atoms with Crippen LogP contribution in [0, 0.1) is 0 Å². The molecule has 0 saturated carbocycles. The molecule has 1 aromatic rings. The van der Waals surface area contributed by atoms with Crippen molar-refractivity contribution in [2.45, 2.75) is 38.2 Å². The molecule has 0 spiro atoms.